The molecule has 4 nitrogen and oxygen atoms in total. The molecule has 0 saturated heterocycles. The minimum Gasteiger partial charge on any atom is -0.398 e. The van der Waals surface area contributed by atoms with Crippen LogP contribution in [0.1, 0.15) is 0 Å². The Balaban J connectivity index is 2.48. The van der Waals surface area contributed by atoms with Crippen LogP contribution in [0.3, 0.4) is 0 Å². The molecule has 0 aliphatic rings. The molecule has 0 heterocycles. The predicted octanol–water partition coefficient (Wildman–Crippen LogP) is 2.86. The minimum absolute atomic E-state index is 0.0991. The fourth-order valence-corrected chi connectivity index (χ4v) is 3.35. The van der Waals surface area contributed by atoms with Crippen molar-refractivity contribution in [2.45, 2.75) is 4.90 Å². The van der Waals surface area contributed by atoms with Crippen LogP contribution in [0.15, 0.2) is 57.9 Å². The molecule has 0 aromatic heterocycles. The molecule has 0 aliphatic carbocycles. The number of hydrogen-bond acceptors (Lipinski definition) is 3. The highest BCUT2D eigenvalue weighted by Crippen LogP contribution is 2.27. The van der Waals surface area contributed by atoms with Gasteiger partial charge in [0.15, 0.2) is 0 Å². The van der Waals surface area contributed by atoms with Crippen molar-refractivity contribution in [1.29, 1.82) is 0 Å². The van der Waals surface area contributed by atoms with E-state index in [4.69, 9.17) is 5.73 Å². The van der Waals surface area contributed by atoms with Crippen LogP contribution in [0, 0.1) is 0 Å². The first kappa shape index (κ1) is 13.9. The summed E-state index contributed by atoms with van der Waals surface area (Å²) >= 11 is 3.26. The molecule has 0 aliphatic heterocycles. The van der Waals surface area contributed by atoms with Crippen LogP contribution in [0.5, 0.6) is 0 Å². The number of rotatable bonds is 3. The summed E-state index contributed by atoms with van der Waals surface area (Å²) in [5.41, 5.74) is 6.59. The molecular formula is C13H13BrN2O2S. The quantitative estimate of drug-likeness (QED) is 0.873. The molecule has 6 heteroatoms. The van der Waals surface area contributed by atoms with Crippen molar-refractivity contribution < 1.29 is 8.42 Å². The number of sulfonamides is 1. The number of anilines is 2. The Hall–Kier alpha value is -1.53. The molecule has 19 heavy (non-hydrogen) atoms. The molecule has 0 atom stereocenters. The second kappa shape index (κ2) is 5.22. The largest absolute Gasteiger partial charge is 0.398 e. The van der Waals surface area contributed by atoms with Crippen molar-refractivity contribution in [2.75, 3.05) is 17.1 Å². The van der Waals surface area contributed by atoms with E-state index in [1.54, 1.807) is 36.4 Å². The molecule has 0 spiro atoms. The third kappa shape index (κ3) is 2.74. The van der Waals surface area contributed by atoms with E-state index >= 15 is 0 Å². The molecule has 2 aromatic rings. The highest BCUT2D eigenvalue weighted by atomic mass is 79.9. The Morgan fingerprint density at radius 2 is 1.74 bits per heavy atom. The van der Waals surface area contributed by atoms with Crippen LogP contribution in [0.25, 0.3) is 0 Å². The summed E-state index contributed by atoms with van der Waals surface area (Å²) in [6, 6.07) is 13.6. The second-order valence-electron chi connectivity index (χ2n) is 3.99. The number of halogens is 1. The molecule has 0 amide bonds. The van der Waals surface area contributed by atoms with Crippen molar-refractivity contribution in [3.05, 3.63) is 53.0 Å². The first-order chi connectivity index (χ1) is 8.93. The summed E-state index contributed by atoms with van der Waals surface area (Å²) in [7, 11) is -2.15. The highest BCUT2D eigenvalue weighted by molar-refractivity contribution is 9.10. The minimum atomic E-state index is -3.65. The monoisotopic (exact) mass is 340 g/mol. The van der Waals surface area contributed by atoms with Gasteiger partial charge in [0.25, 0.3) is 10.0 Å². The summed E-state index contributed by atoms with van der Waals surface area (Å²) in [5, 5.41) is 0. The van der Waals surface area contributed by atoms with E-state index in [1.807, 2.05) is 6.07 Å². The highest BCUT2D eigenvalue weighted by Gasteiger charge is 2.23. The molecule has 100 valence electrons. The molecule has 0 radical (unpaired) electrons. The van der Waals surface area contributed by atoms with Gasteiger partial charge in [0.05, 0.1) is 11.4 Å². The third-order valence-corrected chi connectivity index (χ3v) is 5.08. The molecule has 0 bridgehead atoms. The lowest BCUT2D eigenvalue weighted by Crippen LogP contribution is -2.27. The Bertz CT molecular complexity index is 687. The summed E-state index contributed by atoms with van der Waals surface area (Å²) in [5.74, 6) is 0. The lowest BCUT2D eigenvalue weighted by atomic mass is 10.3. The van der Waals surface area contributed by atoms with Crippen LogP contribution in [-0.2, 0) is 10.0 Å². The lowest BCUT2D eigenvalue weighted by Gasteiger charge is -2.20. The zero-order valence-corrected chi connectivity index (χ0v) is 12.6. The maximum atomic E-state index is 12.5. The van der Waals surface area contributed by atoms with E-state index in [0.717, 1.165) is 4.47 Å². The van der Waals surface area contributed by atoms with Crippen LogP contribution in [0.4, 0.5) is 11.4 Å². The van der Waals surface area contributed by atoms with Gasteiger partial charge >= 0.3 is 0 Å². The summed E-state index contributed by atoms with van der Waals surface area (Å²) in [6.45, 7) is 0. The molecular weight excluding hydrogens is 328 g/mol. The molecule has 0 fully saturated rings. The van der Waals surface area contributed by atoms with E-state index < -0.39 is 10.0 Å². The molecule has 2 aromatic carbocycles. The van der Waals surface area contributed by atoms with E-state index in [9.17, 15) is 8.42 Å². The zero-order valence-electron chi connectivity index (χ0n) is 10.2. The Morgan fingerprint density at radius 3 is 2.32 bits per heavy atom. The van der Waals surface area contributed by atoms with Gasteiger partial charge in [0, 0.05) is 11.5 Å². The summed E-state index contributed by atoms with van der Waals surface area (Å²) < 4.78 is 26.9. The molecule has 2 N–H and O–H groups in total. The van der Waals surface area contributed by atoms with Gasteiger partial charge in [-0.3, -0.25) is 4.31 Å². The van der Waals surface area contributed by atoms with Crippen molar-refractivity contribution in [3.8, 4) is 0 Å². The van der Waals surface area contributed by atoms with E-state index in [2.05, 4.69) is 15.9 Å². The number of nitrogen functional groups attached to an aromatic ring is 1. The van der Waals surface area contributed by atoms with Gasteiger partial charge in [0.1, 0.15) is 4.90 Å². The van der Waals surface area contributed by atoms with E-state index in [0.29, 0.717) is 5.69 Å². The number of benzene rings is 2. The average Bonchev–Trinajstić information content (AvgIpc) is 2.38. The van der Waals surface area contributed by atoms with Gasteiger partial charge in [-0.2, -0.15) is 0 Å². The number of para-hydroxylation sites is 1. The number of nitrogens with zero attached hydrogens (tertiary/aromatic N) is 1. The smallest absolute Gasteiger partial charge is 0.266 e. The average molecular weight is 341 g/mol. The Labute approximate surface area is 121 Å². The fourth-order valence-electron chi connectivity index (χ4n) is 1.68. The fraction of sp³-hybridized carbons (Fsp3) is 0.0769. The van der Waals surface area contributed by atoms with Crippen molar-refractivity contribution in [1.82, 2.24) is 0 Å². The standard InChI is InChI=1S/C13H13BrN2O2S/c1-16(11-5-3-2-4-6-11)19(17,18)13-8-7-10(14)9-12(13)15/h2-9H,15H2,1H3. The zero-order chi connectivity index (χ0) is 14.0. The number of hydrogen-bond donors (Lipinski definition) is 1. The first-order valence-corrected chi connectivity index (χ1v) is 7.75. The van der Waals surface area contributed by atoms with Crippen LogP contribution in [0.2, 0.25) is 0 Å². The number of nitrogens with two attached hydrogens (primary N) is 1. The van der Waals surface area contributed by atoms with Crippen molar-refractivity contribution in [3.63, 3.8) is 0 Å². The topological polar surface area (TPSA) is 63.4 Å². The van der Waals surface area contributed by atoms with E-state index in [1.165, 1.54) is 17.4 Å². The van der Waals surface area contributed by atoms with Crippen molar-refractivity contribution >= 4 is 37.3 Å². The SMILES string of the molecule is CN(c1ccccc1)S(=O)(=O)c1ccc(Br)cc1N. The van der Waals surface area contributed by atoms with Gasteiger partial charge in [-0.25, -0.2) is 8.42 Å². The Kier molecular flexibility index (Phi) is 3.82. The van der Waals surface area contributed by atoms with Gasteiger partial charge in [-0.05, 0) is 30.3 Å². The molecule has 2 rings (SSSR count). The summed E-state index contributed by atoms with van der Waals surface area (Å²) in [4.78, 5) is 0.0991. The Morgan fingerprint density at radius 1 is 1.11 bits per heavy atom. The predicted molar refractivity (Wildman–Crippen MR) is 80.6 cm³/mol. The lowest BCUT2D eigenvalue weighted by molar-refractivity contribution is 0.595. The second-order valence-corrected chi connectivity index (χ2v) is 6.84. The van der Waals surface area contributed by atoms with E-state index in [-0.39, 0.29) is 10.6 Å². The molecule has 0 unspecified atom stereocenters. The first-order valence-electron chi connectivity index (χ1n) is 5.52. The normalized spacial score (nSPS) is 11.3. The van der Waals surface area contributed by atoms with Crippen molar-refractivity contribution in [2.24, 2.45) is 0 Å². The van der Waals surface area contributed by atoms with Crippen LogP contribution in [-0.4, -0.2) is 15.5 Å². The van der Waals surface area contributed by atoms with Gasteiger partial charge in [-0.1, -0.05) is 34.1 Å². The summed E-state index contributed by atoms with van der Waals surface area (Å²) in [6.07, 6.45) is 0. The third-order valence-electron chi connectivity index (χ3n) is 2.73. The molecule has 0 saturated carbocycles. The van der Waals surface area contributed by atoms with Gasteiger partial charge < -0.3 is 5.73 Å². The maximum Gasteiger partial charge on any atom is 0.266 e. The van der Waals surface area contributed by atoms with Crippen LogP contribution >= 0.6 is 15.9 Å². The van der Waals surface area contributed by atoms with Crippen LogP contribution < -0.4 is 10.0 Å². The maximum absolute atomic E-state index is 12.5. The van der Waals surface area contributed by atoms with Gasteiger partial charge in [-0.15, -0.1) is 0 Å². The van der Waals surface area contributed by atoms with Gasteiger partial charge in [0.2, 0.25) is 0 Å².